The van der Waals surface area contributed by atoms with Crippen molar-refractivity contribution >= 4 is 29.0 Å². The monoisotopic (exact) mass is 425 g/mol. The maximum atomic E-state index is 13.2. The van der Waals surface area contributed by atoms with Gasteiger partial charge in [0.2, 0.25) is 0 Å². The van der Waals surface area contributed by atoms with Crippen molar-refractivity contribution in [3.05, 3.63) is 65.2 Å². The van der Waals surface area contributed by atoms with E-state index in [0.717, 1.165) is 31.6 Å². The normalized spacial score (nSPS) is 13.3. The Kier molecular flexibility index (Phi) is 6.18. The van der Waals surface area contributed by atoms with Crippen molar-refractivity contribution in [1.82, 2.24) is 14.8 Å². The molecule has 2 aromatic carbocycles. The quantitative estimate of drug-likeness (QED) is 0.630. The minimum absolute atomic E-state index is 0.240. The summed E-state index contributed by atoms with van der Waals surface area (Å²) in [5.41, 5.74) is 1.23. The highest BCUT2D eigenvalue weighted by molar-refractivity contribution is 6.33. The number of hydrogen-bond acceptors (Lipinski definition) is 4. The van der Waals surface area contributed by atoms with Crippen LogP contribution in [0.2, 0.25) is 5.02 Å². The maximum absolute atomic E-state index is 13.2. The van der Waals surface area contributed by atoms with E-state index < -0.39 is 0 Å². The van der Waals surface area contributed by atoms with Gasteiger partial charge in [-0.3, -0.25) is 4.90 Å². The molecular formula is C22H24ClN5O2. The standard InChI is InChI=1S/C22H24ClN5O2/c1-30-17-9-7-8-16(14-17)27(22(29)24-19-11-5-4-10-18(19)23)15-20-25-21-12-3-2-6-13-28(21)26-20/h4-5,7-11,14H,2-3,6,12-13,15H2,1H3,(H,24,29). The Balaban J connectivity index is 1.63. The topological polar surface area (TPSA) is 72.3 Å². The molecular weight excluding hydrogens is 402 g/mol. The predicted molar refractivity (Wildman–Crippen MR) is 117 cm³/mol. The molecule has 1 aliphatic rings. The Morgan fingerprint density at radius 2 is 2.07 bits per heavy atom. The number of anilines is 2. The number of aromatic nitrogens is 3. The third-order valence-corrected chi connectivity index (χ3v) is 5.42. The molecule has 0 bridgehead atoms. The lowest BCUT2D eigenvalue weighted by atomic mass is 10.2. The van der Waals surface area contributed by atoms with Crippen molar-refractivity contribution < 1.29 is 9.53 Å². The van der Waals surface area contributed by atoms with Crippen LogP contribution in [0.15, 0.2) is 48.5 Å². The summed E-state index contributed by atoms with van der Waals surface area (Å²) in [7, 11) is 1.60. The molecule has 0 saturated carbocycles. The van der Waals surface area contributed by atoms with Gasteiger partial charge in [-0.25, -0.2) is 14.5 Å². The molecule has 0 atom stereocenters. The van der Waals surface area contributed by atoms with E-state index in [2.05, 4.69) is 10.4 Å². The van der Waals surface area contributed by atoms with E-state index in [4.69, 9.17) is 21.3 Å². The number of carbonyl (C=O) groups is 1. The SMILES string of the molecule is COc1cccc(N(Cc2nc3n(n2)CCCCC3)C(=O)Nc2ccccc2Cl)c1. The average molecular weight is 426 g/mol. The molecule has 0 fully saturated rings. The Morgan fingerprint density at radius 3 is 2.90 bits per heavy atom. The summed E-state index contributed by atoms with van der Waals surface area (Å²) in [6.45, 7) is 1.11. The van der Waals surface area contributed by atoms with E-state index in [1.54, 1.807) is 24.1 Å². The summed E-state index contributed by atoms with van der Waals surface area (Å²) in [5, 5.41) is 8.02. The third-order valence-electron chi connectivity index (χ3n) is 5.09. The smallest absolute Gasteiger partial charge is 0.326 e. The number of para-hydroxylation sites is 1. The second-order valence-electron chi connectivity index (χ2n) is 7.18. The molecule has 2 amide bonds. The molecule has 2 heterocycles. The molecule has 1 N–H and O–H groups in total. The lowest BCUT2D eigenvalue weighted by Crippen LogP contribution is -2.35. The lowest BCUT2D eigenvalue weighted by Gasteiger charge is -2.23. The number of halogens is 1. The first-order valence-electron chi connectivity index (χ1n) is 10.0. The molecule has 4 rings (SSSR count). The van der Waals surface area contributed by atoms with Gasteiger partial charge in [0.15, 0.2) is 5.82 Å². The first-order valence-corrected chi connectivity index (χ1v) is 10.4. The van der Waals surface area contributed by atoms with Crippen molar-refractivity contribution in [1.29, 1.82) is 0 Å². The fraction of sp³-hybridized carbons (Fsp3) is 0.318. The summed E-state index contributed by atoms with van der Waals surface area (Å²) in [4.78, 5) is 19.5. The number of fused-ring (bicyclic) bond motifs is 1. The van der Waals surface area contributed by atoms with Crippen molar-refractivity contribution in [3.8, 4) is 5.75 Å². The zero-order valence-electron chi connectivity index (χ0n) is 16.8. The van der Waals surface area contributed by atoms with Gasteiger partial charge in [0.05, 0.1) is 24.4 Å². The van der Waals surface area contributed by atoms with Gasteiger partial charge in [-0.2, -0.15) is 5.10 Å². The predicted octanol–water partition coefficient (Wildman–Crippen LogP) is 4.91. The van der Waals surface area contributed by atoms with Crippen LogP contribution in [0.3, 0.4) is 0 Å². The Hall–Kier alpha value is -3.06. The third kappa shape index (κ3) is 4.57. The van der Waals surface area contributed by atoms with Gasteiger partial charge in [0.1, 0.15) is 11.6 Å². The van der Waals surface area contributed by atoms with Crippen LogP contribution in [-0.2, 0) is 19.5 Å². The molecule has 0 radical (unpaired) electrons. The van der Waals surface area contributed by atoms with Crippen LogP contribution in [0.25, 0.3) is 0 Å². The summed E-state index contributed by atoms with van der Waals surface area (Å²) < 4.78 is 7.31. The molecule has 0 unspecified atom stereocenters. The number of urea groups is 1. The van der Waals surface area contributed by atoms with Crippen LogP contribution in [0.4, 0.5) is 16.2 Å². The summed E-state index contributed by atoms with van der Waals surface area (Å²) in [5.74, 6) is 2.26. The fourth-order valence-corrected chi connectivity index (χ4v) is 3.71. The molecule has 1 aromatic heterocycles. The maximum Gasteiger partial charge on any atom is 0.326 e. The van der Waals surface area contributed by atoms with E-state index in [9.17, 15) is 4.79 Å². The van der Waals surface area contributed by atoms with E-state index in [1.165, 1.54) is 6.42 Å². The first-order chi connectivity index (χ1) is 14.6. The summed E-state index contributed by atoms with van der Waals surface area (Å²) in [6.07, 6.45) is 4.32. The molecule has 8 heteroatoms. The number of carbonyl (C=O) groups excluding carboxylic acids is 1. The molecule has 7 nitrogen and oxygen atoms in total. The molecule has 0 saturated heterocycles. The highest BCUT2D eigenvalue weighted by atomic mass is 35.5. The largest absolute Gasteiger partial charge is 0.497 e. The van der Waals surface area contributed by atoms with Gasteiger partial charge >= 0.3 is 6.03 Å². The van der Waals surface area contributed by atoms with Crippen molar-refractivity contribution in [2.75, 3.05) is 17.3 Å². The van der Waals surface area contributed by atoms with Crippen molar-refractivity contribution in [2.45, 2.75) is 38.8 Å². The Bertz CT molecular complexity index is 1010. The van der Waals surface area contributed by atoms with Crippen LogP contribution >= 0.6 is 11.6 Å². The van der Waals surface area contributed by atoms with Gasteiger partial charge in [-0.05, 0) is 37.1 Å². The van der Waals surface area contributed by atoms with Gasteiger partial charge in [-0.15, -0.1) is 0 Å². The number of nitrogens with zero attached hydrogens (tertiary/aromatic N) is 4. The van der Waals surface area contributed by atoms with Crippen LogP contribution in [-0.4, -0.2) is 27.9 Å². The summed E-state index contributed by atoms with van der Waals surface area (Å²) in [6, 6.07) is 14.2. The van der Waals surface area contributed by atoms with E-state index in [1.807, 2.05) is 41.1 Å². The number of rotatable bonds is 5. The van der Waals surface area contributed by atoms with Crippen molar-refractivity contribution in [2.24, 2.45) is 0 Å². The minimum Gasteiger partial charge on any atom is -0.497 e. The highest BCUT2D eigenvalue weighted by Crippen LogP contribution is 2.26. The number of benzene rings is 2. The number of hydrogen-bond donors (Lipinski definition) is 1. The molecule has 0 spiro atoms. The van der Waals surface area contributed by atoms with Crippen LogP contribution < -0.4 is 15.0 Å². The Labute approximate surface area is 180 Å². The van der Waals surface area contributed by atoms with E-state index in [0.29, 0.717) is 28.0 Å². The Morgan fingerprint density at radius 1 is 1.20 bits per heavy atom. The molecule has 30 heavy (non-hydrogen) atoms. The number of amides is 2. The van der Waals surface area contributed by atoms with E-state index >= 15 is 0 Å². The number of aryl methyl sites for hydroxylation is 2. The highest BCUT2D eigenvalue weighted by Gasteiger charge is 2.21. The van der Waals surface area contributed by atoms with Gasteiger partial charge in [-0.1, -0.05) is 36.2 Å². The average Bonchev–Trinajstić information content (AvgIpc) is 3.02. The van der Waals surface area contributed by atoms with Gasteiger partial charge in [0, 0.05) is 24.7 Å². The van der Waals surface area contributed by atoms with Crippen LogP contribution in [0, 0.1) is 0 Å². The lowest BCUT2D eigenvalue weighted by molar-refractivity contribution is 0.256. The number of methoxy groups -OCH3 is 1. The molecule has 1 aliphatic heterocycles. The summed E-state index contributed by atoms with van der Waals surface area (Å²) >= 11 is 6.23. The molecule has 156 valence electrons. The second-order valence-corrected chi connectivity index (χ2v) is 7.58. The fourth-order valence-electron chi connectivity index (χ4n) is 3.52. The van der Waals surface area contributed by atoms with Gasteiger partial charge < -0.3 is 10.1 Å². The number of nitrogens with one attached hydrogen (secondary N) is 1. The molecule has 0 aliphatic carbocycles. The molecule has 3 aromatic rings. The second kappa shape index (κ2) is 9.17. The first kappa shape index (κ1) is 20.2. The van der Waals surface area contributed by atoms with E-state index in [-0.39, 0.29) is 12.6 Å². The van der Waals surface area contributed by atoms with Crippen LogP contribution in [0.1, 0.15) is 30.9 Å². The minimum atomic E-state index is -0.318. The van der Waals surface area contributed by atoms with Gasteiger partial charge in [0.25, 0.3) is 0 Å². The van der Waals surface area contributed by atoms with Crippen molar-refractivity contribution in [3.63, 3.8) is 0 Å². The number of ether oxygens (including phenoxy) is 1. The zero-order chi connectivity index (χ0) is 20.9. The zero-order valence-corrected chi connectivity index (χ0v) is 17.6. The van der Waals surface area contributed by atoms with Crippen LogP contribution in [0.5, 0.6) is 5.75 Å².